The molecule has 1 N–H and O–H groups in total. The smallest absolute Gasteiger partial charge is 0.0108 e. The van der Waals surface area contributed by atoms with E-state index >= 15 is 0 Å². The quantitative estimate of drug-likeness (QED) is 0.836. The Morgan fingerprint density at radius 3 is 2.47 bits per heavy atom. The highest BCUT2D eigenvalue weighted by Gasteiger charge is 2.13. The van der Waals surface area contributed by atoms with E-state index in [-0.39, 0.29) is 0 Å². The van der Waals surface area contributed by atoms with Gasteiger partial charge in [0.2, 0.25) is 0 Å². The van der Waals surface area contributed by atoms with E-state index in [0.717, 1.165) is 13.0 Å². The van der Waals surface area contributed by atoms with Gasteiger partial charge in [-0.15, -0.1) is 0 Å². The molecule has 0 amide bonds. The Morgan fingerprint density at radius 1 is 1.18 bits per heavy atom. The van der Waals surface area contributed by atoms with Crippen molar-refractivity contribution >= 4 is 0 Å². The Hall–Kier alpha value is -0.860. The average molecular weight is 232 g/mol. The predicted molar refractivity (Wildman–Crippen MR) is 73.4 cm³/mol. The summed E-state index contributed by atoms with van der Waals surface area (Å²) in [6.45, 7) is 2.33. The van der Waals surface area contributed by atoms with Crippen molar-refractivity contribution in [2.24, 2.45) is 0 Å². The largest absolute Gasteiger partial charge is 0.314 e. The molecule has 1 unspecified atom stereocenters. The summed E-state index contributed by atoms with van der Waals surface area (Å²) < 4.78 is 0. The molecule has 0 aromatic heterocycles. The fourth-order valence-corrected chi connectivity index (χ4v) is 2.41. The van der Waals surface area contributed by atoms with Crippen LogP contribution in [0.3, 0.4) is 0 Å². The normalized spacial score (nSPS) is 20.1. The molecule has 2 rings (SSSR count). The molecule has 1 saturated heterocycles. The second kappa shape index (κ2) is 6.18. The number of benzene rings is 1. The molecule has 0 spiro atoms. The molecule has 1 fully saturated rings. The Balaban J connectivity index is 1.84. The summed E-state index contributed by atoms with van der Waals surface area (Å²) in [7, 11) is 4.25. The lowest BCUT2D eigenvalue weighted by molar-refractivity contribution is 0.413. The Morgan fingerprint density at radius 2 is 1.88 bits per heavy atom. The van der Waals surface area contributed by atoms with Crippen molar-refractivity contribution in [3.05, 3.63) is 35.4 Å². The standard InChI is InChI=1S/C15H24N2/c1-17(2)11-9-13-5-7-14(8-6-13)12-15-4-3-10-16-15/h5-8,15-16H,3-4,9-12H2,1-2H3. The number of nitrogens with one attached hydrogen (secondary N) is 1. The second-order valence-electron chi connectivity index (χ2n) is 5.37. The number of rotatable bonds is 5. The fraction of sp³-hybridized carbons (Fsp3) is 0.600. The lowest BCUT2D eigenvalue weighted by atomic mass is 10.0. The summed E-state index contributed by atoms with van der Waals surface area (Å²) in [6, 6.07) is 9.88. The summed E-state index contributed by atoms with van der Waals surface area (Å²) in [5.74, 6) is 0. The predicted octanol–water partition coefficient (Wildman–Crippen LogP) is 2.09. The third-order valence-electron chi connectivity index (χ3n) is 3.52. The highest BCUT2D eigenvalue weighted by molar-refractivity contribution is 5.23. The van der Waals surface area contributed by atoms with Gasteiger partial charge in [-0.05, 0) is 57.5 Å². The maximum absolute atomic E-state index is 3.55. The minimum Gasteiger partial charge on any atom is -0.314 e. The molecule has 1 heterocycles. The second-order valence-corrected chi connectivity index (χ2v) is 5.37. The lowest BCUT2D eigenvalue weighted by Crippen LogP contribution is -2.23. The van der Waals surface area contributed by atoms with Gasteiger partial charge < -0.3 is 10.2 Å². The van der Waals surface area contributed by atoms with Crippen LogP contribution in [0.15, 0.2) is 24.3 Å². The Bertz CT molecular complexity index is 323. The zero-order valence-electron chi connectivity index (χ0n) is 11.1. The van der Waals surface area contributed by atoms with Crippen LogP contribution < -0.4 is 5.32 Å². The minimum absolute atomic E-state index is 0.711. The lowest BCUT2D eigenvalue weighted by Gasteiger charge is -2.12. The Kier molecular flexibility index (Phi) is 4.57. The first-order valence-corrected chi connectivity index (χ1v) is 6.70. The number of likely N-dealkylation sites (N-methyl/N-ethyl adjacent to an activating group) is 1. The first-order valence-electron chi connectivity index (χ1n) is 6.70. The molecule has 1 aromatic carbocycles. The van der Waals surface area contributed by atoms with Crippen LogP contribution >= 0.6 is 0 Å². The van der Waals surface area contributed by atoms with Crippen LogP contribution in [-0.2, 0) is 12.8 Å². The van der Waals surface area contributed by atoms with Crippen molar-refractivity contribution in [1.82, 2.24) is 10.2 Å². The first kappa shape index (κ1) is 12.6. The monoisotopic (exact) mass is 232 g/mol. The molecular weight excluding hydrogens is 208 g/mol. The molecule has 1 aromatic rings. The summed E-state index contributed by atoms with van der Waals surface area (Å²) in [4.78, 5) is 2.23. The van der Waals surface area contributed by atoms with Crippen LogP contribution in [0.2, 0.25) is 0 Å². The van der Waals surface area contributed by atoms with Crippen molar-refractivity contribution in [3.8, 4) is 0 Å². The summed E-state index contributed by atoms with van der Waals surface area (Å²) in [5, 5.41) is 3.55. The molecule has 0 saturated carbocycles. The van der Waals surface area contributed by atoms with E-state index in [0.29, 0.717) is 6.04 Å². The van der Waals surface area contributed by atoms with Gasteiger partial charge in [-0.1, -0.05) is 24.3 Å². The third-order valence-corrected chi connectivity index (χ3v) is 3.52. The molecule has 1 aliphatic rings. The fourth-order valence-electron chi connectivity index (χ4n) is 2.41. The highest BCUT2D eigenvalue weighted by Crippen LogP contribution is 2.13. The average Bonchev–Trinajstić information content (AvgIpc) is 2.81. The molecule has 2 nitrogen and oxygen atoms in total. The van der Waals surface area contributed by atoms with Crippen molar-refractivity contribution < 1.29 is 0 Å². The Labute approximate surface area is 105 Å². The summed E-state index contributed by atoms with van der Waals surface area (Å²) >= 11 is 0. The molecule has 17 heavy (non-hydrogen) atoms. The van der Waals surface area contributed by atoms with Gasteiger partial charge in [0.25, 0.3) is 0 Å². The maximum Gasteiger partial charge on any atom is 0.0108 e. The maximum atomic E-state index is 3.55. The van der Waals surface area contributed by atoms with Crippen molar-refractivity contribution in [2.45, 2.75) is 31.7 Å². The summed E-state index contributed by atoms with van der Waals surface area (Å²) in [6.07, 6.45) is 5.01. The minimum atomic E-state index is 0.711. The van der Waals surface area contributed by atoms with Gasteiger partial charge >= 0.3 is 0 Å². The van der Waals surface area contributed by atoms with E-state index < -0.39 is 0 Å². The van der Waals surface area contributed by atoms with Gasteiger partial charge in [0.05, 0.1) is 0 Å². The van der Waals surface area contributed by atoms with Crippen molar-refractivity contribution in [2.75, 3.05) is 27.2 Å². The zero-order valence-corrected chi connectivity index (χ0v) is 11.1. The van der Waals surface area contributed by atoms with Crippen molar-refractivity contribution in [3.63, 3.8) is 0 Å². The van der Waals surface area contributed by atoms with E-state index in [4.69, 9.17) is 0 Å². The van der Waals surface area contributed by atoms with Gasteiger partial charge in [-0.3, -0.25) is 0 Å². The first-order chi connectivity index (χ1) is 8.24. The zero-order chi connectivity index (χ0) is 12.1. The van der Waals surface area contributed by atoms with E-state index in [1.165, 1.54) is 36.9 Å². The topological polar surface area (TPSA) is 15.3 Å². The van der Waals surface area contributed by atoms with Crippen LogP contribution in [0.5, 0.6) is 0 Å². The number of hydrogen-bond donors (Lipinski definition) is 1. The molecule has 1 atom stereocenters. The highest BCUT2D eigenvalue weighted by atomic mass is 15.0. The van der Waals surface area contributed by atoms with Gasteiger partial charge in [0.15, 0.2) is 0 Å². The van der Waals surface area contributed by atoms with Crippen LogP contribution in [0.4, 0.5) is 0 Å². The molecule has 1 aliphatic heterocycles. The summed E-state index contributed by atoms with van der Waals surface area (Å²) in [5.41, 5.74) is 2.92. The van der Waals surface area contributed by atoms with Gasteiger partial charge in [0, 0.05) is 12.6 Å². The molecule has 0 bridgehead atoms. The van der Waals surface area contributed by atoms with Gasteiger partial charge in [0.1, 0.15) is 0 Å². The van der Waals surface area contributed by atoms with E-state index in [1.54, 1.807) is 0 Å². The van der Waals surface area contributed by atoms with Gasteiger partial charge in [-0.25, -0.2) is 0 Å². The van der Waals surface area contributed by atoms with Gasteiger partial charge in [-0.2, -0.15) is 0 Å². The van der Waals surface area contributed by atoms with Crippen LogP contribution in [0.25, 0.3) is 0 Å². The van der Waals surface area contributed by atoms with E-state index in [2.05, 4.69) is 48.6 Å². The van der Waals surface area contributed by atoms with Crippen LogP contribution in [0, 0.1) is 0 Å². The van der Waals surface area contributed by atoms with Crippen LogP contribution in [-0.4, -0.2) is 38.1 Å². The SMILES string of the molecule is CN(C)CCc1ccc(CC2CCCN2)cc1. The molecular formula is C15H24N2. The third kappa shape index (κ3) is 4.14. The number of hydrogen-bond acceptors (Lipinski definition) is 2. The molecule has 0 aliphatic carbocycles. The molecule has 94 valence electrons. The van der Waals surface area contributed by atoms with Crippen molar-refractivity contribution in [1.29, 1.82) is 0 Å². The molecule has 0 radical (unpaired) electrons. The number of nitrogens with zero attached hydrogens (tertiary/aromatic N) is 1. The van der Waals surface area contributed by atoms with E-state index in [1.807, 2.05) is 0 Å². The van der Waals surface area contributed by atoms with E-state index in [9.17, 15) is 0 Å². The van der Waals surface area contributed by atoms with Crippen LogP contribution in [0.1, 0.15) is 24.0 Å². The molecule has 2 heteroatoms.